The van der Waals surface area contributed by atoms with Gasteiger partial charge in [0.25, 0.3) is 0 Å². The zero-order chi connectivity index (χ0) is 18.3. The Hall–Kier alpha value is -2.54. The Morgan fingerprint density at radius 1 is 1.19 bits per heavy atom. The van der Waals surface area contributed by atoms with Crippen molar-refractivity contribution >= 4 is 17.2 Å². The third-order valence-electron chi connectivity index (χ3n) is 4.70. The first-order valence-corrected chi connectivity index (χ1v) is 9.50. The highest BCUT2D eigenvalue weighted by Crippen LogP contribution is 2.33. The summed E-state index contributed by atoms with van der Waals surface area (Å²) in [6.45, 7) is 7.01. The molecule has 1 unspecified atom stereocenters. The van der Waals surface area contributed by atoms with Gasteiger partial charge in [-0.15, -0.1) is 11.3 Å². The molecule has 0 aliphatic carbocycles. The maximum Gasteiger partial charge on any atom is 0.179 e. The number of hydrogen-bond donors (Lipinski definition) is 0. The lowest BCUT2D eigenvalue weighted by atomic mass is 9.99. The normalized spacial score (nSPS) is 16.5. The zero-order valence-corrected chi connectivity index (χ0v) is 16.2. The van der Waals surface area contributed by atoms with E-state index in [9.17, 15) is 0 Å². The number of anilines is 1. The lowest BCUT2D eigenvalue weighted by molar-refractivity contribution is 0.413. The molecule has 0 spiro atoms. The molecule has 0 fully saturated rings. The van der Waals surface area contributed by atoms with E-state index in [2.05, 4.69) is 21.8 Å². The van der Waals surface area contributed by atoms with Crippen molar-refractivity contribution in [3.8, 4) is 17.3 Å². The van der Waals surface area contributed by atoms with E-state index in [0.29, 0.717) is 5.82 Å². The summed E-state index contributed by atoms with van der Waals surface area (Å²) in [7, 11) is 1.68. The van der Waals surface area contributed by atoms with Crippen LogP contribution < -0.4 is 9.64 Å². The van der Waals surface area contributed by atoms with Gasteiger partial charge in [0.05, 0.1) is 23.9 Å². The van der Waals surface area contributed by atoms with Gasteiger partial charge in [0.1, 0.15) is 17.3 Å². The molecule has 4 heterocycles. The van der Waals surface area contributed by atoms with Crippen LogP contribution in [0.25, 0.3) is 11.5 Å². The monoisotopic (exact) mass is 367 g/mol. The number of rotatable bonds is 3. The predicted octanol–water partition coefficient (Wildman–Crippen LogP) is 3.74. The van der Waals surface area contributed by atoms with Crippen molar-refractivity contribution in [1.29, 1.82) is 0 Å². The van der Waals surface area contributed by atoms with E-state index in [4.69, 9.17) is 14.7 Å². The molecule has 0 bridgehead atoms. The Bertz CT molecular complexity index is 955. The van der Waals surface area contributed by atoms with Crippen molar-refractivity contribution < 1.29 is 4.74 Å². The highest BCUT2D eigenvalue weighted by Gasteiger charge is 2.27. The number of aryl methyl sites for hydroxylation is 2. The number of pyridine rings is 1. The molecule has 0 amide bonds. The quantitative estimate of drug-likeness (QED) is 0.703. The minimum Gasteiger partial charge on any atom is -0.497 e. The molecule has 0 saturated carbocycles. The molecule has 3 aromatic rings. The molecule has 1 aliphatic rings. The maximum atomic E-state index is 5.40. The third kappa shape index (κ3) is 3.03. The van der Waals surface area contributed by atoms with Crippen LogP contribution in [-0.4, -0.2) is 33.6 Å². The highest BCUT2D eigenvalue weighted by atomic mass is 32.1. The Balaban J connectivity index is 1.67. The van der Waals surface area contributed by atoms with Gasteiger partial charge in [0.15, 0.2) is 5.82 Å². The van der Waals surface area contributed by atoms with Gasteiger partial charge in [-0.25, -0.2) is 19.9 Å². The van der Waals surface area contributed by atoms with Crippen LogP contribution in [0.1, 0.15) is 34.9 Å². The van der Waals surface area contributed by atoms with E-state index in [-0.39, 0.29) is 6.04 Å². The molecule has 6 nitrogen and oxygen atoms in total. The molecular weight excluding hydrogens is 346 g/mol. The standard InChI is InChI=1S/C19H21N5OS/c1-11-7-14(25-4)8-18(21-11)24-6-5-16-15(12(24)2)9-20-19(23-16)17-10-26-13(3)22-17/h7-10,12H,5-6H2,1-4H3. The third-order valence-corrected chi connectivity index (χ3v) is 5.47. The molecule has 134 valence electrons. The molecule has 0 aromatic carbocycles. The van der Waals surface area contributed by atoms with Gasteiger partial charge in [-0.2, -0.15) is 0 Å². The lowest BCUT2D eigenvalue weighted by Crippen LogP contribution is -2.35. The highest BCUT2D eigenvalue weighted by molar-refractivity contribution is 7.09. The first kappa shape index (κ1) is 16.9. The second-order valence-electron chi connectivity index (χ2n) is 6.47. The largest absolute Gasteiger partial charge is 0.497 e. The van der Waals surface area contributed by atoms with Crippen molar-refractivity contribution in [2.24, 2.45) is 0 Å². The average Bonchev–Trinajstić information content (AvgIpc) is 3.07. The average molecular weight is 367 g/mol. The van der Waals surface area contributed by atoms with Gasteiger partial charge >= 0.3 is 0 Å². The SMILES string of the molecule is COc1cc(C)nc(N2CCc3nc(-c4csc(C)n4)ncc3C2C)c1. The number of methoxy groups -OCH3 is 1. The van der Waals surface area contributed by atoms with Crippen LogP contribution in [0.5, 0.6) is 5.75 Å². The summed E-state index contributed by atoms with van der Waals surface area (Å²) >= 11 is 1.62. The van der Waals surface area contributed by atoms with Crippen LogP contribution in [0.15, 0.2) is 23.7 Å². The second-order valence-corrected chi connectivity index (χ2v) is 7.54. The van der Waals surface area contributed by atoms with Gasteiger partial charge in [-0.3, -0.25) is 0 Å². The Labute approximate surface area is 156 Å². The van der Waals surface area contributed by atoms with Crippen molar-refractivity contribution in [2.45, 2.75) is 33.2 Å². The fraction of sp³-hybridized carbons (Fsp3) is 0.368. The summed E-state index contributed by atoms with van der Waals surface area (Å²) in [6, 6.07) is 4.09. The number of hydrogen-bond acceptors (Lipinski definition) is 7. The van der Waals surface area contributed by atoms with E-state index in [1.54, 1.807) is 18.4 Å². The summed E-state index contributed by atoms with van der Waals surface area (Å²) in [5.74, 6) is 2.47. The zero-order valence-electron chi connectivity index (χ0n) is 15.4. The van der Waals surface area contributed by atoms with Crippen LogP contribution >= 0.6 is 11.3 Å². The Morgan fingerprint density at radius 2 is 2.04 bits per heavy atom. The van der Waals surface area contributed by atoms with Crippen molar-refractivity contribution in [1.82, 2.24) is 19.9 Å². The summed E-state index contributed by atoms with van der Waals surface area (Å²) < 4.78 is 5.40. The van der Waals surface area contributed by atoms with Crippen molar-refractivity contribution in [3.05, 3.63) is 45.7 Å². The Morgan fingerprint density at radius 3 is 2.77 bits per heavy atom. The summed E-state index contributed by atoms with van der Waals surface area (Å²) in [6.07, 6.45) is 2.80. The van der Waals surface area contributed by atoms with Gasteiger partial charge in [-0.05, 0) is 20.8 Å². The number of ether oxygens (including phenoxy) is 1. The van der Waals surface area contributed by atoms with E-state index >= 15 is 0 Å². The van der Waals surface area contributed by atoms with E-state index in [0.717, 1.165) is 52.2 Å². The first-order valence-electron chi connectivity index (χ1n) is 8.63. The van der Waals surface area contributed by atoms with E-state index in [1.165, 1.54) is 0 Å². The maximum absolute atomic E-state index is 5.40. The van der Waals surface area contributed by atoms with Crippen LogP contribution in [0, 0.1) is 13.8 Å². The number of aromatic nitrogens is 4. The fourth-order valence-corrected chi connectivity index (χ4v) is 3.94. The minimum absolute atomic E-state index is 0.156. The van der Waals surface area contributed by atoms with Gasteiger partial charge in [0.2, 0.25) is 0 Å². The number of thiazole rings is 1. The molecular formula is C19H21N5OS. The summed E-state index contributed by atoms with van der Waals surface area (Å²) in [5, 5.41) is 3.04. The molecule has 7 heteroatoms. The second kappa shape index (κ2) is 6.64. The fourth-order valence-electron chi connectivity index (χ4n) is 3.35. The van der Waals surface area contributed by atoms with Crippen molar-refractivity contribution in [2.75, 3.05) is 18.6 Å². The Kier molecular flexibility index (Phi) is 4.32. The van der Waals surface area contributed by atoms with Crippen molar-refractivity contribution in [3.63, 3.8) is 0 Å². The van der Waals surface area contributed by atoms with Gasteiger partial charge in [0, 0.05) is 47.9 Å². The topological polar surface area (TPSA) is 64.0 Å². The summed E-state index contributed by atoms with van der Waals surface area (Å²) in [5.41, 5.74) is 4.05. The molecule has 1 aliphatic heterocycles. The molecule has 0 N–H and O–H groups in total. The molecule has 26 heavy (non-hydrogen) atoms. The number of nitrogens with zero attached hydrogens (tertiary/aromatic N) is 5. The summed E-state index contributed by atoms with van der Waals surface area (Å²) in [4.78, 5) is 20.8. The molecule has 4 rings (SSSR count). The molecule has 1 atom stereocenters. The molecule has 0 radical (unpaired) electrons. The van der Waals surface area contributed by atoms with E-state index < -0.39 is 0 Å². The van der Waals surface area contributed by atoms with Crippen LogP contribution in [0.3, 0.4) is 0 Å². The van der Waals surface area contributed by atoms with Gasteiger partial charge in [-0.1, -0.05) is 0 Å². The van der Waals surface area contributed by atoms with Crippen LogP contribution in [0.2, 0.25) is 0 Å². The molecule has 3 aromatic heterocycles. The van der Waals surface area contributed by atoms with Crippen LogP contribution in [-0.2, 0) is 6.42 Å². The number of fused-ring (bicyclic) bond motifs is 1. The first-order chi connectivity index (χ1) is 12.5. The molecule has 0 saturated heterocycles. The minimum atomic E-state index is 0.156. The lowest BCUT2D eigenvalue weighted by Gasteiger charge is -2.35. The predicted molar refractivity (Wildman–Crippen MR) is 103 cm³/mol. The smallest absolute Gasteiger partial charge is 0.179 e. The van der Waals surface area contributed by atoms with E-state index in [1.807, 2.05) is 37.6 Å². The van der Waals surface area contributed by atoms with Gasteiger partial charge < -0.3 is 9.64 Å². The van der Waals surface area contributed by atoms with Crippen LogP contribution in [0.4, 0.5) is 5.82 Å².